The van der Waals surface area contributed by atoms with E-state index in [4.69, 9.17) is 0 Å². The molecule has 0 aromatic heterocycles. The summed E-state index contributed by atoms with van der Waals surface area (Å²) in [4.78, 5) is 11.9. The third-order valence-corrected chi connectivity index (χ3v) is 4.14. The van der Waals surface area contributed by atoms with Gasteiger partial charge in [0.05, 0.1) is 6.54 Å². The number of halogens is 2. The Morgan fingerprint density at radius 1 is 1.05 bits per heavy atom. The number of carbonyl (C=O) groups is 1. The van der Waals surface area contributed by atoms with Crippen molar-refractivity contribution in [2.45, 2.75) is 6.92 Å². The molecule has 0 bridgehead atoms. The molecule has 20 heavy (non-hydrogen) atoms. The number of carbonyl (C=O) groups excluding carboxylic acids is 1. The number of hydrogen-bond donors (Lipinski definition) is 2. The summed E-state index contributed by atoms with van der Waals surface area (Å²) in [5, 5.41) is 5.92. The average molecular weight is 398 g/mol. The van der Waals surface area contributed by atoms with Gasteiger partial charge in [-0.3, -0.25) is 4.79 Å². The second kappa shape index (κ2) is 6.90. The van der Waals surface area contributed by atoms with Crippen molar-refractivity contribution in [2.75, 3.05) is 17.2 Å². The molecular weight excluding hydrogens is 384 g/mol. The molecule has 1 amide bonds. The van der Waals surface area contributed by atoms with Crippen LogP contribution < -0.4 is 10.6 Å². The second-order valence-corrected chi connectivity index (χ2v) is 6.14. The van der Waals surface area contributed by atoms with Crippen LogP contribution in [0.1, 0.15) is 5.56 Å². The second-order valence-electron chi connectivity index (χ2n) is 4.37. The van der Waals surface area contributed by atoms with Gasteiger partial charge in [0.2, 0.25) is 5.91 Å². The molecule has 5 heteroatoms. The van der Waals surface area contributed by atoms with E-state index in [2.05, 4.69) is 42.5 Å². The Bertz CT molecular complexity index is 612. The van der Waals surface area contributed by atoms with Crippen LogP contribution in [0.3, 0.4) is 0 Å². The normalized spacial score (nSPS) is 10.2. The van der Waals surface area contributed by atoms with Gasteiger partial charge in [-0.1, -0.05) is 37.9 Å². The summed E-state index contributed by atoms with van der Waals surface area (Å²) in [6.07, 6.45) is 0. The van der Waals surface area contributed by atoms with E-state index < -0.39 is 0 Å². The van der Waals surface area contributed by atoms with Crippen molar-refractivity contribution >= 4 is 49.1 Å². The van der Waals surface area contributed by atoms with Crippen LogP contribution in [0.5, 0.6) is 0 Å². The van der Waals surface area contributed by atoms with Crippen LogP contribution in [-0.2, 0) is 4.79 Å². The fourth-order valence-electron chi connectivity index (χ4n) is 1.63. The minimum absolute atomic E-state index is 0.0799. The van der Waals surface area contributed by atoms with Crippen molar-refractivity contribution in [1.82, 2.24) is 0 Å². The van der Waals surface area contributed by atoms with Crippen molar-refractivity contribution in [3.05, 3.63) is 57.0 Å². The first kappa shape index (κ1) is 15.1. The molecule has 3 nitrogen and oxygen atoms in total. The predicted molar refractivity (Wildman–Crippen MR) is 90.1 cm³/mol. The van der Waals surface area contributed by atoms with Gasteiger partial charge in [0.15, 0.2) is 0 Å². The van der Waals surface area contributed by atoms with Gasteiger partial charge in [0.25, 0.3) is 0 Å². The third kappa shape index (κ3) is 4.35. The molecule has 2 aromatic carbocycles. The van der Waals surface area contributed by atoms with Gasteiger partial charge in [-0.25, -0.2) is 0 Å². The molecular formula is C15H14Br2N2O. The number of nitrogens with one attached hydrogen (secondary N) is 2. The Kier molecular flexibility index (Phi) is 5.20. The smallest absolute Gasteiger partial charge is 0.243 e. The standard InChI is InChI=1S/C15H14Br2N2O/c1-10-2-5-13(8-14(10)17)19-15(20)9-18-12-6-3-11(16)4-7-12/h2-8,18H,9H2,1H3,(H,19,20). The number of amides is 1. The summed E-state index contributed by atoms with van der Waals surface area (Å²) in [6.45, 7) is 2.23. The molecule has 0 saturated carbocycles. The van der Waals surface area contributed by atoms with Gasteiger partial charge in [-0.2, -0.15) is 0 Å². The zero-order chi connectivity index (χ0) is 14.5. The topological polar surface area (TPSA) is 41.1 Å². The Labute approximate surface area is 135 Å². The van der Waals surface area contributed by atoms with Gasteiger partial charge in [-0.05, 0) is 48.9 Å². The maximum absolute atomic E-state index is 11.9. The fraction of sp³-hybridized carbons (Fsp3) is 0.133. The fourth-order valence-corrected chi connectivity index (χ4v) is 2.27. The number of anilines is 2. The Morgan fingerprint density at radius 3 is 2.35 bits per heavy atom. The molecule has 0 spiro atoms. The third-order valence-electron chi connectivity index (χ3n) is 2.75. The lowest BCUT2D eigenvalue weighted by atomic mass is 10.2. The summed E-state index contributed by atoms with van der Waals surface area (Å²) in [5.74, 6) is -0.0799. The van der Waals surface area contributed by atoms with E-state index in [9.17, 15) is 4.79 Å². The molecule has 2 rings (SSSR count). The van der Waals surface area contributed by atoms with Gasteiger partial charge >= 0.3 is 0 Å². The molecule has 0 radical (unpaired) electrons. The van der Waals surface area contributed by atoms with Crippen molar-refractivity contribution in [1.29, 1.82) is 0 Å². The number of hydrogen-bond acceptors (Lipinski definition) is 2. The highest BCUT2D eigenvalue weighted by Gasteiger charge is 2.03. The predicted octanol–water partition coefficient (Wildman–Crippen LogP) is 4.57. The van der Waals surface area contributed by atoms with Crippen molar-refractivity contribution in [3.8, 4) is 0 Å². The highest BCUT2D eigenvalue weighted by atomic mass is 79.9. The van der Waals surface area contributed by atoms with E-state index in [1.165, 1.54) is 0 Å². The lowest BCUT2D eigenvalue weighted by Crippen LogP contribution is -2.21. The number of rotatable bonds is 4. The zero-order valence-electron chi connectivity index (χ0n) is 10.9. The summed E-state index contributed by atoms with van der Waals surface area (Å²) >= 11 is 6.82. The summed E-state index contributed by atoms with van der Waals surface area (Å²) in [6, 6.07) is 13.4. The van der Waals surface area contributed by atoms with Crippen LogP contribution in [0.15, 0.2) is 51.4 Å². The van der Waals surface area contributed by atoms with Gasteiger partial charge in [0.1, 0.15) is 0 Å². The Balaban J connectivity index is 1.89. The molecule has 0 aliphatic heterocycles. The molecule has 0 aliphatic rings. The van der Waals surface area contributed by atoms with Gasteiger partial charge < -0.3 is 10.6 Å². The van der Waals surface area contributed by atoms with E-state index in [0.29, 0.717) is 0 Å². The van der Waals surface area contributed by atoms with Crippen molar-refractivity contribution in [3.63, 3.8) is 0 Å². The first-order valence-corrected chi connectivity index (χ1v) is 7.68. The summed E-state index contributed by atoms with van der Waals surface area (Å²) < 4.78 is 1.99. The van der Waals surface area contributed by atoms with Crippen LogP contribution in [0, 0.1) is 6.92 Å². The molecule has 0 aliphatic carbocycles. The minimum Gasteiger partial charge on any atom is -0.376 e. The molecule has 0 unspecified atom stereocenters. The van der Waals surface area contributed by atoms with Crippen LogP contribution >= 0.6 is 31.9 Å². The molecule has 2 N–H and O–H groups in total. The lowest BCUT2D eigenvalue weighted by molar-refractivity contribution is -0.114. The van der Waals surface area contributed by atoms with Gasteiger partial charge in [-0.15, -0.1) is 0 Å². The van der Waals surface area contributed by atoms with E-state index in [-0.39, 0.29) is 12.5 Å². The lowest BCUT2D eigenvalue weighted by Gasteiger charge is -2.09. The van der Waals surface area contributed by atoms with Crippen LogP contribution in [0.2, 0.25) is 0 Å². The summed E-state index contributed by atoms with van der Waals surface area (Å²) in [5.41, 5.74) is 2.83. The maximum atomic E-state index is 11.9. The van der Waals surface area contributed by atoms with Gasteiger partial charge in [0, 0.05) is 20.3 Å². The first-order chi connectivity index (χ1) is 9.54. The Hall–Kier alpha value is -1.33. The van der Waals surface area contributed by atoms with E-state index >= 15 is 0 Å². The van der Waals surface area contributed by atoms with Crippen LogP contribution in [-0.4, -0.2) is 12.5 Å². The average Bonchev–Trinajstić information content (AvgIpc) is 2.42. The number of aryl methyl sites for hydroxylation is 1. The molecule has 0 atom stereocenters. The summed E-state index contributed by atoms with van der Waals surface area (Å²) in [7, 11) is 0. The number of benzene rings is 2. The van der Waals surface area contributed by atoms with Crippen LogP contribution in [0.25, 0.3) is 0 Å². The van der Waals surface area contributed by atoms with Crippen molar-refractivity contribution in [2.24, 2.45) is 0 Å². The van der Waals surface area contributed by atoms with Crippen LogP contribution in [0.4, 0.5) is 11.4 Å². The van der Waals surface area contributed by atoms with E-state index in [1.807, 2.05) is 49.4 Å². The Morgan fingerprint density at radius 2 is 1.70 bits per heavy atom. The first-order valence-electron chi connectivity index (χ1n) is 6.10. The van der Waals surface area contributed by atoms with Crippen molar-refractivity contribution < 1.29 is 4.79 Å². The monoisotopic (exact) mass is 396 g/mol. The quantitative estimate of drug-likeness (QED) is 0.793. The highest BCUT2D eigenvalue weighted by molar-refractivity contribution is 9.10. The highest BCUT2D eigenvalue weighted by Crippen LogP contribution is 2.20. The van der Waals surface area contributed by atoms with E-state index in [1.54, 1.807) is 0 Å². The molecule has 0 saturated heterocycles. The molecule has 104 valence electrons. The zero-order valence-corrected chi connectivity index (χ0v) is 14.1. The van der Waals surface area contributed by atoms with E-state index in [0.717, 1.165) is 25.9 Å². The SMILES string of the molecule is Cc1ccc(NC(=O)CNc2ccc(Br)cc2)cc1Br. The minimum atomic E-state index is -0.0799. The molecule has 0 heterocycles. The molecule has 0 fully saturated rings. The molecule has 2 aromatic rings. The largest absolute Gasteiger partial charge is 0.376 e. The maximum Gasteiger partial charge on any atom is 0.243 e.